The van der Waals surface area contributed by atoms with Crippen LogP contribution in [0.5, 0.6) is 0 Å². The molecule has 0 heterocycles. The van der Waals surface area contributed by atoms with Gasteiger partial charge in [-0.2, -0.15) is 4.72 Å². The lowest BCUT2D eigenvalue weighted by Gasteiger charge is -2.00. The smallest absolute Gasteiger partial charge is 0.209 e. The zero-order valence-corrected chi connectivity index (χ0v) is 6.25. The minimum Gasteiger partial charge on any atom is -0.213 e. The number of sulfonamides is 1. The van der Waals surface area contributed by atoms with Gasteiger partial charge in [-0.1, -0.05) is 0 Å². The fourth-order valence-electron chi connectivity index (χ4n) is 0.295. The Morgan fingerprint density at radius 3 is 2.00 bits per heavy atom. The molecule has 0 aliphatic rings. The second-order valence-corrected chi connectivity index (χ2v) is 3.94. The first kappa shape index (κ1) is 8.20. The Labute approximate surface area is 54.1 Å². The summed E-state index contributed by atoms with van der Waals surface area (Å²) in [6.45, 7) is 1.54. The quantitative estimate of drug-likeness (QED) is 0.457. The molecule has 0 spiro atoms. The predicted octanol–water partition coefficient (Wildman–Crippen LogP) is 0.120. The van der Waals surface area contributed by atoms with Crippen molar-refractivity contribution < 1.29 is 8.42 Å². The van der Waals surface area contributed by atoms with Crippen LogP contribution in [0.2, 0.25) is 0 Å². The lowest BCUT2D eigenvalue weighted by atomic mass is 10.8. The standard InChI is InChI=1S/C3H8ClNO2S/c1-3(4)5-8(2,6)7/h3,5H,1-2H3. The highest BCUT2D eigenvalue weighted by molar-refractivity contribution is 7.88. The molecule has 0 aromatic heterocycles. The Morgan fingerprint density at radius 2 is 2.00 bits per heavy atom. The summed E-state index contributed by atoms with van der Waals surface area (Å²) in [5.41, 5.74) is -0.523. The molecule has 0 fully saturated rings. The Bertz CT molecular complexity index is 151. The van der Waals surface area contributed by atoms with Gasteiger partial charge in [0.25, 0.3) is 0 Å². The van der Waals surface area contributed by atoms with Gasteiger partial charge in [-0.3, -0.25) is 0 Å². The van der Waals surface area contributed by atoms with Gasteiger partial charge in [-0.15, -0.1) is 11.6 Å². The first-order chi connectivity index (χ1) is 3.42. The van der Waals surface area contributed by atoms with Crippen molar-refractivity contribution in [2.24, 2.45) is 0 Å². The average molecular weight is 158 g/mol. The second kappa shape index (κ2) is 2.66. The predicted molar refractivity (Wildman–Crippen MR) is 33.3 cm³/mol. The Kier molecular flexibility index (Phi) is 2.73. The van der Waals surface area contributed by atoms with E-state index in [9.17, 15) is 8.42 Å². The van der Waals surface area contributed by atoms with Gasteiger partial charge in [0.05, 0.1) is 11.8 Å². The highest BCUT2D eigenvalue weighted by Crippen LogP contribution is 1.88. The van der Waals surface area contributed by atoms with Crippen LogP contribution in [0.4, 0.5) is 0 Å². The lowest BCUT2D eigenvalue weighted by molar-refractivity contribution is 0.587. The summed E-state index contributed by atoms with van der Waals surface area (Å²) in [6.07, 6.45) is 1.06. The maximum Gasteiger partial charge on any atom is 0.209 e. The molecule has 0 aromatic rings. The van der Waals surface area contributed by atoms with E-state index in [2.05, 4.69) is 4.72 Å². The van der Waals surface area contributed by atoms with Gasteiger partial charge in [0, 0.05) is 0 Å². The van der Waals surface area contributed by atoms with Crippen LogP contribution in [-0.2, 0) is 10.0 Å². The first-order valence-electron chi connectivity index (χ1n) is 2.03. The van der Waals surface area contributed by atoms with Gasteiger partial charge in [0.1, 0.15) is 0 Å². The van der Waals surface area contributed by atoms with E-state index in [0.29, 0.717) is 0 Å². The van der Waals surface area contributed by atoms with E-state index in [4.69, 9.17) is 11.6 Å². The van der Waals surface area contributed by atoms with Crippen molar-refractivity contribution in [2.75, 3.05) is 6.26 Å². The summed E-state index contributed by atoms with van der Waals surface area (Å²) in [5, 5.41) is 0. The highest BCUT2D eigenvalue weighted by Gasteiger charge is 2.02. The van der Waals surface area contributed by atoms with Gasteiger partial charge in [0.2, 0.25) is 10.0 Å². The van der Waals surface area contributed by atoms with Crippen molar-refractivity contribution in [1.82, 2.24) is 4.72 Å². The van der Waals surface area contributed by atoms with Crippen molar-refractivity contribution >= 4 is 21.6 Å². The molecule has 50 valence electrons. The van der Waals surface area contributed by atoms with Crippen molar-refractivity contribution in [3.8, 4) is 0 Å². The second-order valence-electron chi connectivity index (χ2n) is 1.51. The largest absolute Gasteiger partial charge is 0.213 e. The van der Waals surface area contributed by atoms with E-state index in [-0.39, 0.29) is 0 Å². The fraction of sp³-hybridized carbons (Fsp3) is 1.00. The minimum absolute atomic E-state index is 0.523. The monoisotopic (exact) mass is 157 g/mol. The van der Waals surface area contributed by atoms with E-state index in [0.717, 1.165) is 6.26 Å². The molecule has 0 radical (unpaired) electrons. The zero-order chi connectivity index (χ0) is 6.78. The molecule has 5 heteroatoms. The van der Waals surface area contributed by atoms with Crippen LogP contribution in [0.25, 0.3) is 0 Å². The number of nitrogens with one attached hydrogen (secondary N) is 1. The molecule has 3 nitrogen and oxygen atoms in total. The summed E-state index contributed by atoms with van der Waals surface area (Å²) in [4.78, 5) is 0. The number of alkyl halides is 1. The SMILES string of the molecule is CC(Cl)NS(C)(=O)=O. The normalized spacial score (nSPS) is 15.9. The van der Waals surface area contributed by atoms with Crippen LogP contribution in [0.1, 0.15) is 6.92 Å². The van der Waals surface area contributed by atoms with Crippen LogP contribution in [0, 0.1) is 0 Å². The molecule has 0 saturated carbocycles. The number of hydrogen-bond donors (Lipinski definition) is 1. The molecule has 0 saturated heterocycles. The third-order valence-corrected chi connectivity index (χ3v) is 1.40. The third kappa shape index (κ3) is 6.20. The molecule has 1 N–H and O–H groups in total. The minimum atomic E-state index is -3.11. The first-order valence-corrected chi connectivity index (χ1v) is 4.36. The molecule has 1 atom stereocenters. The van der Waals surface area contributed by atoms with Gasteiger partial charge in [-0.05, 0) is 6.92 Å². The van der Waals surface area contributed by atoms with Gasteiger partial charge >= 0.3 is 0 Å². The molecule has 0 aliphatic heterocycles. The van der Waals surface area contributed by atoms with E-state index < -0.39 is 15.5 Å². The summed E-state index contributed by atoms with van der Waals surface area (Å²) in [6, 6.07) is 0. The van der Waals surface area contributed by atoms with E-state index >= 15 is 0 Å². The molecule has 8 heavy (non-hydrogen) atoms. The molecular formula is C3H8ClNO2S. The van der Waals surface area contributed by atoms with Crippen molar-refractivity contribution in [2.45, 2.75) is 12.4 Å². The van der Waals surface area contributed by atoms with Crippen LogP contribution < -0.4 is 4.72 Å². The molecule has 0 aliphatic carbocycles. The molecule has 0 amide bonds. The summed E-state index contributed by atoms with van der Waals surface area (Å²) in [7, 11) is -3.11. The van der Waals surface area contributed by atoms with Crippen molar-refractivity contribution in [3.05, 3.63) is 0 Å². The van der Waals surface area contributed by atoms with Crippen LogP contribution in [-0.4, -0.2) is 20.2 Å². The van der Waals surface area contributed by atoms with Gasteiger partial charge in [0.15, 0.2) is 0 Å². The van der Waals surface area contributed by atoms with Crippen molar-refractivity contribution in [1.29, 1.82) is 0 Å². The van der Waals surface area contributed by atoms with Crippen molar-refractivity contribution in [3.63, 3.8) is 0 Å². The summed E-state index contributed by atoms with van der Waals surface area (Å²) in [5.74, 6) is 0. The average Bonchev–Trinajstić information content (AvgIpc) is 1.21. The number of hydrogen-bond acceptors (Lipinski definition) is 2. The number of halogens is 1. The van der Waals surface area contributed by atoms with E-state index in [1.165, 1.54) is 0 Å². The zero-order valence-electron chi connectivity index (χ0n) is 4.68. The molecule has 0 bridgehead atoms. The van der Waals surface area contributed by atoms with Crippen LogP contribution in [0.3, 0.4) is 0 Å². The fourth-order valence-corrected chi connectivity index (χ4v) is 1.37. The molecule has 0 aromatic carbocycles. The summed E-state index contributed by atoms with van der Waals surface area (Å²) >= 11 is 5.27. The molecule has 1 unspecified atom stereocenters. The molecule has 0 rings (SSSR count). The third-order valence-electron chi connectivity index (χ3n) is 0.376. The maximum atomic E-state index is 10.2. The van der Waals surface area contributed by atoms with Gasteiger partial charge in [-0.25, -0.2) is 8.42 Å². The van der Waals surface area contributed by atoms with E-state index in [1.54, 1.807) is 6.92 Å². The highest BCUT2D eigenvalue weighted by atomic mass is 35.5. The Hall–Kier alpha value is 0.200. The summed E-state index contributed by atoms with van der Waals surface area (Å²) < 4.78 is 22.6. The lowest BCUT2D eigenvalue weighted by Crippen LogP contribution is -2.27. The Balaban J connectivity index is 3.75. The Morgan fingerprint density at radius 1 is 1.62 bits per heavy atom. The van der Waals surface area contributed by atoms with Gasteiger partial charge < -0.3 is 0 Å². The van der Waals surface area contributed by atoms with Crippen LogP contribution in [0.15, 0.2) is 0 Å². The van der Waals surface area contributed by atoms with E-state index in [1.807, 2.05) is 0 Å². The maximum absolute atomic E-state index is 10.2. The topological polar surface area (TPSA) is 46.2 Å². The van der Waals surface area contributed by atoms with Crippen LogP contribution >= 0.6 is 11.6 Å². The number of rotatable bonds is 2. The molecular weight excluding hydrogens is 150 g/mol.